The molecule has 1 atom stereocenters. The Morgan fingerprint density at radius 3 is 2.08 bits per heavy atom. The molecule has 0 N–H and O–H groups in total. The van der Waals surface area contributed by atoms with Crippen LogP contribution in [0.3, 0.4) is 0 Å². The highest BCUT2D eigenvalue weighted by molar-refractivity contribution is 5.23. The molecule has 0 spiro atoms. The molecule has 1 aromatic rings. The van der Waals surface area contributed by atoms with E-state index in [2.05, 4.69) is 0 Å². The molecule has 0 fully saturated rings. The number of rotatable bonds is 2. The van der Waals surface area contributed by atoms with Crippen LogP contribution >= 0.6 is 0 Å². The molecule has 0 aliphatic rings. The molecule has 0 saturated carbocycles. The van der Waals surface area contributed by atoms with E-state index in [1.54, 1.807) is 0 Å². The van der Waals surface area contributed by atoms with Crippen LogP contribution in [0.2, 0.25) is 0 Å². The van der Waals surface area contributed by atoms with Crippen molar-refractivity contribution in [3.05, 3.63) is 35.9 Å². The third-order valence-corrected chi connectivity index (χ3v) is 2.10. The Hall–Kier alpha value is -1.80. The van der Waals surface area contributed by atoms with Crippen LogP contribution in [0.25, 0.3) is 0 Å². The van der Waals surface area contributed by atoms with E-state index in [-0.39, 0.29) is 5.92 Å². The minimum Gasteiger partial charge on any atom is -0.197 e. The van der Waals surface area contributed by atoms with Gasteiger partial charge in [0.05, 0.1) is 12.1 Å². The molecule has 0 heterocycles. The monoisotopic (exact) mass is 170 g/mol. The normalized spacial score (nSPS) is 11.7. The van der Waals surface area contributed by atoms with Crippen molar-refractivity contribution in [2.24, 2.45) is 5.92 Å². The first kappa shape index (κ1) is 9.29. The van der Waals surface area contributed by atoms with Crippen LogP contribution in [0.5, 0.6) is 0 Å². The standard InChI is InChI=1S/C11H10N2/c1-9(11(7-12)8-13)10-5-3-2-4-6-10/h2-6,9,11H,1H3/t9-/m1/s1. The van der Waals surface area contributed by atoms with Crippen molar-refractivity contribution in [1.82, 2.24) is 0 Å². The summed E-state index contributed by atoms with van der Waals surface area (Å²) in [4.78, 5) is 0. The number of benzene rings is 1. The Labute approximate surface area is 78.0 Å². The minimum atomic E-state index is -0.553. The van der Waals surface area contributed by atoms with Crippen LogP contribution < -0.4 is 0 Å². The first-order valence-electron chi connectivity index (χ1n) is 4.13. The van der Waals surface area contributed by atoms with Gasteiger partial charge in [0.1, 0.15) is 5.92 Å². The fourth-order valence-corrected chi connectivity index (χ4v) is 1.20. The molecule has 0 unspecified atom stereocenters. The van der Waals surface area contributed by atoms with Crippen LogP contribution in [-0.2, 0) is 0 Å². The fraction of sp³-hybridized carbons (Fsp3) is 0.273. The quantitative estimate of drug-likeness (QED) is 0.684. The van der Waals surface area contributed by atoms with Gasteiger partial charge in [-0.3, -0.25) is 0 Å². The van der Waals surface area contributed by atoms with Crippen molar-refractivity contribution in [2.45, 2.75) is 12.8 Å². The van der Waals surface area contributed by atoms with E-state index in [1.807, 2.05) is 49.4 Å². The highest BCUT2D eigenvalue weighted by atomic mass is 14.3. The van der Waals surface area contributed by atoms with E-state index in [1.165, 1.54) is 0 Å². The van der Waals surface area contributed by atoms with Gasteiger partial charge in [0.2, 0.25) is 0 Å². The van der Waals surface area contributed by atoms with Crippen LogP contribution in [0.1, 0.15) is 18.4 Å². The average molecular weight is 170 g/mol. The Morgan fingerprint density at radius 2 is 1.62 bits per heavy atom. The third-order valence-electron chi connectivity index (χ3n) is 2.10. The molecule has 0 radical (unpaired) electrons. The molecule has 0 aliphatic carbocycles. The van der Waals surface area contributed by atoms with Gasteiger partial charge in [0.15, 0.2) is 0 Å². The summed E-state index contributed by atoms with van der Waals surface area (Å²) in [6.07, 6.45) is 0. The highest BCUT2D eigenvalue weighted by Gasteiger charge is 2.16. The Balaban J connectivity index is 2.87. The van der Waals surface area contributed by atoms with Gasteiger partial charge in [-0.15, -0.1) is 0 Å². The van der Waals surface area contributed by atoms with Gasteiger partial charge in [0.25, 0.3) is 0 Å². The molecular formula is C11H10N2. The van der Waals surface area contributed by atoms with Gasteiger partial charge >= 0.3 is 0 Å². The maximum Gasteiger partial charge on any atom is 0.139 e. The fourth-order valence-electron chi connectivity index (χ4n) is 1.20. The molecule has 0 amide bonds. The lowest BCUT2D eigenvalue weighted by atomic mass is 9.90. The van der Waals surface area contributed by atoms with Gasteiger partial charge in [-0.05, 0) is 5.56 Å². The van der Waals surface area contributed by atoms with E-state index in [4.69, 9.17) is 10.5 Å². The summed E-state index contributed by atoms with van der Waals surface area (Å²) in [5.74, 6) is -0.571. The Bertz CT molecular complexity index is 329. The molecule has 2 nitrogen and oxygen atoms in total. The second kappa shape index (κ2) is 4.28. The maximum absolute atomic E-state index is 8.69. The molecule has 1 rings (SSSR count). The van der Waals surface area contributed by atoms with Crippen molar-refractivity contribution in [1.29, 1.82) is 10.5 Å². The second-order valence-electron chi connectivity index (χ2n) is 2.94. The lowest BCUT2D eigenvalue weighted by Crippen LogP contribution is -2.05. The van der Waals surface area contributed by atoms with Gasteiger partial charge in [-0.1, -0.05) is 37.3 Å². The van der Waals surface area contributed by atoms with E-state index in [9.17, 15) is 0 Å². The van der Waals surface area contributed by atoms with Crippen molar-refractivity contribution < 1.29 is 0 Å². The molecule has 2 heteroatoms. The first-order chi connectivity index (χ1) is 6.29. The molecule has 13 heavy (non-hydrogen) atoms. The summed E-state index contributed by atoms with van der Waals surface area (Å²) in [5, 5.41) is 17.4. The minimum absolute atomic E-state index is 0.0174. The van der Waals surface area contributed by atoms with Gasteiger partial charge in [-0.25, -0.2) is 0 Å². The van der Waals surface area contributed by atoms with Crippen molar-refractivity contribution >= 4 is 0 Å². The SMILES string of the molecule is C[C@H](c1ccccc1)C(C#N)C#N. The zero-order valence-electron chi connectivity index (χ0n) is 7.44. The Morgan fingerprint density at radius 1 is 1.08 bits per heavy atom. The molecule has 0 bridgehead atoms. The van der Waals surface area contributed by atoms with Crippen molar-refractivity contribution in [3.63, 3.8) is 0 Å². The molecule has 0 aliphatic heterocycles. The summed E-state index contributed by atoms with van der Waals surface area (Å²) in [7, 11) is 0. The molecule has 0 aromatic heterocycles. The molecule has 0 saturated heterocycles. The summed E-state index contributed by atoms with van der Waals surface area (Å²) in [6, 6.07) is 13.6. The number of hydrogen-bond donors (Lipinski definition) is 0. The van der Waals surface area contributed by atoms with E-state index in [0.717, 1.165) is 5.56 Å². The van der Waals surface area contributed by atoms with Gasteiger partial charge in [-0.2, -0.15) is 10.5 Å². The second-order valence-corrected chi connectivity index (χ2v) is 2.94. The van der Waals surface area contributed by atoms with E-state index >= 15 is 0 Å². The summed E-state index contributed by atoms with van der Waals surface area (Å²) in [5.41, 5.74) is 1.04. The summed E-state index contributed by atoms with van der Waals surface area (Å²) < 4.78 is 0. The largest absolute Gasteiger partial charge is 0.197 e. The molecule has 64 valence electrons. The van der Waals surface area contributed by atoms with E-state index < -0.39 is 5.92 Å². The summed E-state index contributed by atoms with van der Waals surface area (Å²) >= 11 is 0. The van der Waals surface area contributed by atoms with Crippen molar-refractivity contribution in [2.75, 3.05) is 0 Å². The van der Waals surface area contributed by atoms with Crippen LogP contribution in [0.15, 0.2) is 30.3 Å². The lowest BCUT2D eigenvalue weighted by molar-refractivity contribution is 0.670. The van der Waals surface area contributed by atoms with E-state index in [0.29, 0.717) is 0 Å². The maximum atomic E-state index is 8.69. The van der Waals surface area contributed by atoms with Gasteiger partial charge < -0.3 is 0 Å². The van der Waals surface area contributed by atoms with Gasteiger partial charge in [0, 0.05) is 5.92 Å². The lowest BCUT2D eigenvalue weighted by Gasteiger charge is -2.10. The van der Waals surface area contributed by atoms with Crippen LogP contribution in [0.4, 0.5) is 0 Å². The smallest absolute Gasteiger partial charge is 0.139 e. The zero-order chi connectivity index (χ0) is 9.68. The topological polar surface area (TPSA) is 47.6 Å². The summed E-state index contributed by atoms with van der Waals surface area (Å²) in [6.45, 7) is 1.90. The Kier molecular flexibility index (Phi) is 3.06. The number of nitrogens with zero attached hydrogens (tertiary/aromatic N) is 2. The predicted octanol–water partition coefficient (Wildman–Crippen LogP) is 2.45. The molecule has 1 aromatic carbocycles. The predicted molar refractivity (Wildman–Crippen MR) is 49.6 cm³/mol. The molecular weight excluding hydrogens is 160 g/mol. The highest BCUT2D eigenvalue weighted by Crippen LogP contribution is 2.22. The van der Waals surface area contributed by atoms with Crippen LogP contribution in [-0.4, -0.2) is 0 Å². The number of nitriles is 2. The first-order valence-corrected chi connectivity index (χ1v) is 4.13. The third kappa shape index (κ3) is 2.07. The van der Waals surface area contributed by atoms with Crippen molar-refractivity contribution in [3.8, 4) is 12.1 Å². The van der Waals surface area contributed by atoms with Crippen LogP contribution in [0, 0.1) is 28.6 Å². The number of hydrogen-bond acceptors (Lipinski definition) is 2. The zero-order valence-corrected chi connectivity index (χ0v) is 7.44. The average Bonchev–Trinajstić information content (AvgIpc) is 2.21.